The van der Waals surface area contributed by atoms with E-state index in [1.165, 1.54) is 21.2 Å². The zero-order valence-electron chi connectivity index (χ0n) is 13.0. The van der Waals surface area contributed by atoms with E-state index >= 15 is 0 Å². The molecule has 124 valence electrons. The molecule has 0 N–H and O–H groups in total. The van der Waals surface area contributed by atoms with E-state index in [1.54, 1.807) is 11.8 Å². The van der Waals surface area contributed by atoms with Crippen LogP contribution in [-0.4, -0.2) is 22.5 Å². The van der Waals surface area contributed by atoms with Crippen molar-refractivity contribution in [2.24, 2.45) is 0 Å². The maximum Gasteiger partial charge on any atom is 0.305 e. The maximum absolute atomic E-state index is 11.8. The first kappa shape index (κ1) is 15.0. The highest BCUT2D eigenvalue weighted by molar-refractivity contribution is 7.99. The first-order chi connectivity index (χ1) is 11.8. The summed E-state index contributed by atoms with van der Waals surface area (Å²) in [5.41, 5.74) is 2.40. The molecule has 2 heterocycles. The van der Waals surface area contributed by atoms with Crippen molar-refractivity contribution in [3.8, 4) is 0 Å². The molecule has 0 aromatic heterocycles. The van der Waals surface area contributed by atoms with Crippen LogP contribution in [0.1, 0.15) is 19.3 Å². The predicted molar refractivity (Wildman–Crippen MR) is 94.7 cm³/mol. The zero-order valence-corrected chi connectivity index (χ0v) is 14.6. The van der Waals surface area contributed by atoms with Crippen LogP contribution < -0.4 is 4.90 Å². The molecule has 4 atom stereocenters. The van der Waals surface area contributed by atoms with Crippen LogP contribution in [0.25, 0.3) is 0 Å². The summed E-state index contributed by atoms with van der Waals surface area (Å²) in [7, 11) is 0. The second kappa shape index (κ2) is 5.88. The van der Waals surface area contributed by atoms with Crippen molar-refractivity contribution in [3.05, 3.63) is 48.5 Å². The first-order valence-electron chi connectivity index (χ1n) is 8.22. The monoisotopic (exact) mass is 359 g/mol. The van der Waals surface area contributed by atoms with Crippen molar-refractivity contribution in [2.75, 3.05) is 4.90 Å². The Morgan fingerprint density at radius 2 is 1.62 bits per heavy atom. The van der Waals surface area contributed by atoms with Gasteiger partial charge in [-0.15, -0.1) is 0 Å². The molecule has 1 aliphatic carbocycles. The van der Waals surface area contributed by atoms with E-state index in [1.807, 2.05) is 0 Å². The SMILES string of the molecule is O=S1O[C@H]2[C@H](CCC[C@@H]2N2c3ccccc3Sc3ccccc32)O1. The lowest BCUT2D eigenvalue weighted by molar-refractivity contribution is 0.0917. The fourth-order valence-corrected chi connectivity index (χ4v) is 5.87. The van der Waals surface area contributed by atoms with Gasteiger partial charge in [-0.25, -0.2) is 0 Å². The zero-order chi connectivity index (χ0) is 16.1. The summed E-state index contributed by atoms with van der Waals surface area (Å²) >= 11 is 0.187. The van der Waals surface area contributed by atoms with Gasteiger partial charge in [-0.3, -0.25) is 8.37 Å². The number of hydrogen-bond acceptors (Lipinski definition) is 5. The molecule has 0 amide bonds. The number of hydrogen-bond donors (Lipinski definition) is 0. The van der Waals surface area contributed by atoms with Gasteiger partial charge in [-0.05, 0) is 43.5 Å². The minimum Gasteiger partial charge on any atom is -0.334 e. The largest absolute Gasteiger partial charge is 0.334 e. The quantitative estimate of drug-likeness (QED) is 0.763. The molecule has 5 rings (SSSR count). The summed E-state index contributed by atoms with van der Waals surface area (Å²) < 4.78 is 22.9. The smallest absolute Gasteiger partial charge is 0.305 e. The second-order valence-electron chi connectivity index (χ2n) is 6.31. The van der Waals surface area contributed by atoms with Crippen LogP contribution in [0.15, 0.2) is 58.3 Å². The van der Waals surface area contributed by atoms with Gasteiger partial charge < -0.3 is 4.90 Å². The minimum atomic E-state index is -1.62. The lowest BCUT2D eigenvalue weighted by Crippen LogP contribution is -2.49. The van der Waals surface area contributed by atoms with E-state index in [2.05, 4.69) is 53.4 Å². The molecule has 2 aliphatic heterocycles. The molecule has 4 nitrogen and oxygen atoms in total. The molecule has 2 aromatic rings. The molecule has 0 spiro atoms. The third-order valence-corrected chi connectivity index (χ3v) is 6.84. The Balaban J connectivity index is 1.63. The highest BCUT2D eigenvalue weighted by atomic mass is 32.2. The Bertz CT molecular complexity index is 767. The highest BCUT2D eigenvalue weighted by Crippen LogP contribution is 2.51. The lowest BCUT2D eigenvalue weighted by atomic mass is 9.88. The molecule has 2 fully saturated rings. The Kier molecular flexibility index (Phi) is 3.66. The van der Waals surface area contributed by atoms with Crippen molar-refractivity contribution in [3.63, 3.8) is 0 Å². The number of rotatable bonds is 1. The van der Waals surface area contributed by atoms with Crippen LogP contribution in [0.3, 0.4) is 0 Å². The van der Waals surface area contributed by atoms with Gasteiger partial charge in [0, 0.05) is 9.79 Å². The van der Waals surface area contributed by atoms with Crippen LogP contribution in [0.5, 0.6) is 0 Å². The lowest BCUT2D eigenvalue weighted by Gasteiger charge is -2.43. The summed E-state index contributed by atoms with van der Waals surface area (Å²) in [6.07, 6.45) is 2.76. The molecule has 6 heteroatoms. The van der Waals surface area contributed by atoms with Crippen LogP contribution in [0.4, 0.5) is 11.4 Å². The molecule has 3 aliphatic rings. The van der Waals surface area contributed by atoms with E-state index in [0.29, 0.717) is 0 Å². The van der Waals surface area contributed by atoms with Gasteiger partial charge >= 0.3 is 11.4 Å². The van der Waals surface area contributed by atoms with E-state index in [4.69, 9.17) is 8.37 Å². The number of para-hydroxylation sites is 2. The Morgan fingerprint density at radius 1 is 0.958 bits per heavy atom. The van der Waals surface area contributed by atoms with Gasteiger partial charge in [-0.1, -0.05) is 36.0 Å². The summed E-state index contributed by atoms with van der Waals surface area (Å²) in [6.45, 7) is 0. The van der Waals surface area contributed by atoms with Gasteiger partial charge in [-0.2, -0.15) is 4.21 Å². The second-order valence-corrected chi connectivity index (χ2v) is 8.18. The third-order valence-electron chi connectivity index (χ3n) is 4.93. The molecule has 0 radical (unpaired) electrons. The van der Waals surface area contributed by atoms with Crippen molar-refractivity contribution < 1.29 is 12.6 Å². The summed E-state index contributed by atoms with van der Waals surface area (Å²) in [6, 6.07) is 17.1. The molecule has 2 aromatic carbocycles. The summed E-state index contributed by atoms with van der Waals surface area (Å²) in [4.78, 5) is 4.88. The van der Waals surface area contributed by atoms with Crippen molar-refractivity contribution in [1.29, 1.82) is 0 Å². The van der Waals surface area contributed by atoms with Gasteiger partial charge in [0.15, 0.2) is 0 Å². The summed E-state index contributed by atoms with van der Waals surface area (Å²) in [5, 5.41) is 0. The first-order valence-corrected chi connectivity index (χ1v) is 10.0. The Labute approximate surface area is 148 Å². The predicted octanol–water partition coefficient (Wildman–Crippen LogP) is 4.20. The van der Waals surface area contributed by atoms with Crippen molar-refractivity contribution in [1.82, 2.24) is 0 Å². The summed E-state index contributed by atoms with van der Waals surface area (Å²) in [5.74, 6) is 0. The maximum atomic E-state index is 11.8. The van der Waals surface area contributed by atoms with Gasteiger partial charge in [0.25, 0.3) is 0 Å². The Hall–Kier alpha value is -1.34. The topological polar surface area (TPSA) is 38.8 Å². The average molecular weight is 359 g/mol. The van der Waals surface area contributed by atoms with Crippen LogP contribution in [0, 0.1) is 0 Å². The molecule has 24 heavy (non-hydrogen) atoms. The molecule has 1 saturated heterocycles. The molecular weight excluding hydrogens is 342 g/mol. The normalized spacial score (nSPS) is 31.2. The fourth-order valence-electron chi connectivity index (χ4n) is 3.91. The van der Waals surface area contributed by atoms with Gasteiger partial charge in [0.1, 0.15) is 12.2 Å². The van der Waals surface area contributed by atoms with Crippen LogP contribution in [-0.2, 0) is 19.7 Å². The molecule has 0 bridgehead atoms. The van der Waals surface area contributed by atoms with E-state index < -0.39 is 11.4 Å². The molecule has 1 saturated carbocycles. The number of nitrogens with zero attached hydrogens (tertiary/aromatic N) is 1. The Morgan fingerprint density at radius 3 is 2.33 bits per heavy atom. The fraction of sp³-hybridized carbons (Fsp3) is 0.333. The average Bonchev–Trinajstić information content (AvgIpc) is 3.00. The highest BCUT2D eigenvalue weighted by Gasteiger charge is 2.47. The van der Waals surface area contributed by atoms with Gasteiger partial charge in [0.05, 0.1) is 17.4 Å². The van der Waals surface area contributed by atoms with E-state index in [-0.39, 0.29) is 18.2 Å². The third kappa shape index (κ3) is 2.32. The molecular formula is C18H17NO3S2. The standard InChI is InChI=1S/C18H17NO3S2/c20-24-21-15-9-5-8-14(18(15)22-24)19-12-6-1-3-10-16(12)23-17-11-4-2-7-13(17)19/h1-4,6-7,10-11,14-15,18H,5,8-9H2/t14-,15-,18+,24?/m0/s1. The van der Waals surface area contributed by atoms with Gasteiger partial charge in [0.2, 0.25) is 0 Å². The number of anilines is 2. The van der Waals surface area contributed by atoms with E-state index in [0.717, 1.165) is 19.3 Å². The van der Waals surface area contributed by atoms with E-state index in [9.17, 15) is 4.21 Å². The van der Waals surface area contributed by atoms with Crippen molar-refractivity contribution >= 4 is 34.5 Å². The van der Waals surface area contributed by atoms with Crippen molar-refractivity contribution in [2.45, 2.75) is 47.3 Å². The van der Waals surface area contributed by atoms with Crippen LogP contribution in [0.2, 0.25) is 0 Å². The minimum absolute atomic E-state index is 0.0708. The number of benzene rings is 2. The molecule has 1 unspecified atom stereocenters. The number of fused-ring (bicyclic) bond motifs is 3. The van der Waals surface area contributed by atoms with Crippen LogP contribution >= 0.6 is 11.8 Å².